The molecule has 0 saturated carbocycles. The van der Waals surface area contributed by atoms with E-state index in [0.29, 0.717) is 55.3 Å². The van der Waals surface area contributed by atoms with Gasteiger partial charge in [-0.3, -0.25) is 0 Å². The van der Waals surface area contributed by atoms with Crippen LogP contribution in [0.25, 0.3) is 0 Å². The Bertz CT molecular complexity index is 989. The molecule has 0 heterocycles. The molecule has 0 nitrogen and oxygen atoms in total. The van der Waals surface area contributed by atoms with Gasteiger partial charge in [0.1, 0.15) is 0 Å². The second-order valence-corrected chi connectivity index (χ2v) is 7.64. The highest BCUT2D eigenvalue weighted by molar-refractivity contribution is 5.46. The monoisotopic (exact) mass is 432 g/mol. The van der Waals surface area contributed by atoms with Crippen LogP contribution in [-0.2, 0) is 23.7 Å². The minimum absolute atomic E-state index is 0.254. The predicted molar refractivity (Wildman–Crippen MR) is 94.2 cm³/mol. The number of alkyl halides is 8. The quantitative estimate of drug-likeness (QED) is 0.322. The van der Waals surface area contributed by atoms with Gasteiger partial charge in [-0.2, -0.15) is 35.1 Å². The minimum atomic E-state index is -4.75. The van der Waals surface area contributed by atoms with Gasteiger partial charge in [-0.05, 0) is 30.9 Å². The second kappa shape index (κ2) is 6.56. The van der Waals surface area contributed by atoms with Crippen molar-refractivity contribution in [2.45, 2.75) is 48.9 Å². The molecule has 0 N–H and O–H groups in total. The first-order valence-electron chi connectivity index (χ1n) is 9.34. The molecule has 30 heavy (non-hydrogen) atoms. The zero-order chi connectivity index (χ0) is 21.9. The van der Waals surface area contributed by atoms with Crippen LogP contribution in [0.15, 0.2) is 54.6 Å². The van der Waals surface area contributed by atoms with Gasteiger partial charge in [-0.1, -0.05) is 48.6 Å². The summed E-state index contributed by atoms with van der Waals surface area (Å²) < 4.78 is 119. The lowest BCUT2D eigenvalue weighted by Crippen LogP contribution is -2.39. The summed E-state index contributed by atoms with van der Waals surface area (Å²) in [5, 5.41) is 0. The molecule has 0 aromatic heterocycles. The van der Waals surface area contributed by atoms with Gasteiger partial charge < -0.3 is 0 Å². The van der Waals surface area contributed by atoms with E-state index < -0.39 is 57.4 Å². The van der Waals surface area contributed by atoms with E-state index in [-0.39, 0.29) is 6.42 Å². The average Bonchev–Trinajstić information content (AvgIpc) is 2.73. The molecule has 1 atom stereocenters. The van der Waals surface area contributed by atoms with Crippen LogP contribution in [0.5, 0.6) is 0 Å². The molecule has 7 rings (SSSR count). The van der Waals surface area contributed by atoms with E-state index >= 15 is 8.78 Å². The highest BCUT2D eigenvalue weighted by atomic mass is 19.3. The molecule has 2 aromatic carbocycles. The zero-order valence-corrected chi connectivity index (χ0v) is 15.4. The molecule has 5 aliphatic rings. The maximum Gasteiger partial charge on any atom is 0.340 e. The third-order valence-electron chi connectivity index (χ3n) is 5.80. The van der Waals surface area contributed by atoms with E-state index in [2.05, 4.69) is 0 Å². The van der Waals surface area contributed by atoms with Crippen molar-refractivity contribution in [2.75, 3.05) is 0 Å². The smallest absolute Gasteiger partial charge is 0.194 e. The summed E-state index contributed by atoms with van der Waals surface area (Å²) >= 11 is 0. The lowest BCUT2D eigenvalue weighted by Gasteiger charge is -2.34. The van der Waals surface area contributed by atoms with Crippen molar-refractivity contribution in [3.63, 3.8) is 0 Å². The van der Waals surface area contributed by atoms with Gasteiger partial charge in [0.15, 0.2) is 0 Å². The Morgan fingerprint density at radius 3 is 1.67 bits per heavy atom. The van der Waals surface area contributed by atoms with Crippen LogP contribution in [0.3, 0.4) is 0 Å². The summed E-state index contributed by atoms with van der Waals surface area (Å²) in [5.41, 5.74) is -5.30. The van der Waals surface area contributed by atoms with Gasteiger partial charge in [0, 0.05) is 28.2 Å². The molecular formula is C22H16F8. The minimum Gasteiger partial charge on any atom is -0.194 e. The van der Waals surface area contributed by atoms with Gasteiger partial charge >= 0.3 is 23.7 Å². The molecule has 160 valence electrons. The molecule has 0 saturated heterocycles. The third-order valence-corrected chi connectivity index (χ3v) is 5.80. The van der Waals surface area contributed by atoms with Crippen molar-refractivity contribution in [1.82, 2.24) is 0 Å². The summed E-state index contributed by atoms with van der Waals surface area (Å²) in [6.07, 6.45) is 4.51. The number of allylic oxidation sites excluding steroid dienone is 2. The highest BCUT2D eigenvalue weighted by Gasteiger charge is 2.62. The van der Waals surface area contributed by atoms with Crippen LogP contribution in [0.1, 0.15) is 53.0 Å². The fourth-order valence-corrected chi connectivity index (χ4v) is 4.02. The summed E-state index contributed by atoms with van der Waals surface area (Å²) in [7, 11) is 0. The van der Waals surface area contributed by atoms with Crippen LogP contribution >= 0.6 is 0 Å². The predicted octanol–water partition coefficient (Wildman–Crippen LogP) is 7.59. The SMILES string of the molecule is FC1(F)c2ccc(cc2)C(F)(F)C(F)(F)c2ccc(cc2C2C=CCCC2)C1(F)F. The lowest BCUT2D eigenvalue weighted by atomic mass is 9.80. The van der Waals surface area contributed by atoms with Crippen LogP contribution in [-0.4, -0.2) is 0 Å². The van der Waals surface area contributed by atoms with E-state index in [9.17, 15) is 26.3 Å². The van der Waals surface area contributed by atoms with Crippen molar-refractivity contribution in [3.05, 3.63) is 82.4 Å². The van der Waals surface area contributed by atoms with Crippen molar-refractivity contribution >= 4 is 0 Å². The molecule has 4 bridgehead atoms. The third kappa shape index (κ3) is 2.79. The Morgan fingerprint density at radius 1 is 0.633 bits per heavy atom. The molecule has 0 fully saturated rings. The average molecular weight is 432 g/mol. The van der Waals surface area contributed by atoms with E-state index in [1.807, 2.05) is 0 Å². The zero-order valence-electron chi connectivity index (χ0n) is 15.4. The topological polar surface area (TPSA) is 0 Å². The standard InChI is InChI=1S/C22H16F8/c23-19(24)14-6-8-15(9-7-14)20(25,26)22(29,30)18-11-10-16(21(19,27)28)12-17(18)13-4-2-1-3-5-13/h2,4,6-13H,1,3,5H2. The maximum absolute atomic E-state index is 15.1. The Balaban J connectivity index is 2.06. The molecule has 2 aromatic rings. The van der Waals surface area contributed by atoms with Crippen molar-refractivity contribution in [2.24, 2.45) is 0 Å². The Kier molecular flexibility index (Phi) is 4.56. The summed E-state index contributed by atoms with van der Waals surface area (Å²) in [5.74, 6) is -19.8. The summed E-state index contributed by atoms with van der Waals surface area (Å²) in [4.78, 5) is 0. The van der Waals surface area contributed by atoms with Crippen LogP contribution in [0.2, 0.25) is 0 Å². The Hall–Kier alpha value is -2.38. The first-order chi connectivity index (χ1) is 13.9. The molecular weight excluding hydrogens is 416 g/mol. The molecule has 0 aliphatic heterocycles. The first kappa shape index (κ1) is 20.9. The lowest BCUT2D eigenvalue weighted by molar-refractivity contribution is -0.227. The Labute approximate surface area is 167 Å². The van der Waals surface area contributed by atoms with Gasteiger partial charge in [-0.15, -0.1) is 0 Å². The van der Waals surface area contributed by atoms with E-state index in [4.69, 9.17) is 0 Å². The van der Waals surface area contributed by atoms with E-state index in [1.165, 1.54) is 6.08 Å². The van der Waals surface area contributed by atoms with Gasteiger partial charge in [0.05, 0.1) is 0 Å². The molecule has 1 unspecified atom stereocenters. The summed E-state index contributed by atoms with van der Waals surface area (Å²) in [6.45, 7) is 0. The van der Waals surface area contributed by atoms with Crippen LogP contribution in [0.4, 0.5) is 35.1 Å². The van der Waals surface area contributed by atoms with Gasteiger partial charge in [0.25, 0.3) is 0 Å². The number of rotatable bonds is 1. The highest BCUT2D eigenvalue weighted by Crippen LogP contribution is 2.55. The molecule has 8 heteroatoms. The number of halogens is 8. The van der Waals surface area contributed by atoms with Crippen molar-refractivity contribution < 1.29 is 35.1 Å². The second-order valence-electron chi connectivity index (χ2n) is 7.64. The maximum atomic E-state index is 15.1. The normalized spacial score (nSPS) is 25.5. The first-order valence-corrected chi connectivity index (χ1v) is 9.34. The molecule has 0 amide bonds. The molecule has 0 radical (unpaired) electrons. The number of hydrogen-bond donors (Lipinski definition) is 0. The van der Waals surface area contributed by atoms with E-state index in [1.54, 1.807) is 6.08 Å². The Morgan fingerprint density at radius 2 is 1.13 bits per heavy atom. The molecule has 5 aliphatic carbocycles. The van der Waals surface area contributed by atoms with Gasteiger partial charge in [0.2, 0.25) is 0 Å². The fourth-order valence-electron chi connectivity index (χ4n) is 4.02. The number of hydrogen-bond acceptors (Lipinski definition) is 0. The van der Waals surface area contributed by atoms with Crippen molar-refractivity contribution in [3.8, 4) is 0 Å². The van der Waals surface area contributed by atoms with E-state index in [0.717, 1.165) is 0 Å². The fraction of sp³-hybridized carbons (Fsp3) is 0.364. The van der Waals surface area contributed by atoms with Crippen LogP contribution < -0.4 is 0 Å². The van der Waals surface area contributed by atoms with Crippen molar-refractivity contribution in [1.29, 1.82) is 0 Å². The summed E-state index contributed by atoms with van der Waals surface area (Å²) in [6, 6.07) is 2.72. The molecule has 0 spiro atoms. The largest absolute Gasteiger partial charge is 0.340 e. The van der Waals surface area contributed by atoms with Gasteiger partial charge in [-0.25, -0.2) is 0 Å². The number of benzene rings is 2. The van der Waals surface area contributed by atoms with Crippen LogP contribution in [0, 0.1) is 0 Å².